The van der Waals surface area contributed by atoms with Crippen LogP contribution < -0.4 is 4.74 Å². The molecule has 0 aliphatic carbocycles. The molecule has 1 aromatic heterocycles. The van der Waals surface area contributed by atoms with Crippen LogP contribution >= 0.6 is 27.3 Å². The summed E-state index contributed by atoms with van der Waals surface area (Å²) in [5.41, 5.74) is 1.40. The van der Waals surface area contributed by atoms with E-state index in [9.17, 15) is 4.79 Å². The molecule has 0 aliphatic heterocycles. The smallest absolute Gasteiger partial charge is 0.194 e. The third-order valence-electron chi connectivity index (χ3n) is 2.46. The Morgan fingerprint density at radius 1 is 1.35 bits per heavy atom. The molecule has 0 N–H and O–H groups in total. The highest BCUT2D eigenvalue weighted by atomic mass is 79.9. The van der Waals surface area contributed by atoms with Crippen LogP contribution in [0, 0.1) is 6.92 Å². The highest BCUT2D eigenvalue weighted by Gasteiger charge is 2.14. The van der Waals surface area contributed by atoms with Gasteiger partial charge in [-0.1, -0.05) is 12.1 Å². The molecule has 0 amide bonds. The molecule has 0 saturated heterocycles. The van der Waals surface area contributed by atoms with Gasteiger partial charge in [-0.25, -0.2) is 0 Å². The fourth-order valence-corrected chi connectivity index (χ4v) is 3.28. The number of ketones is 1. The monoisotopic (exact) mass is 310 g/mol. The number of aryl methyl sites for hydroxylation is 1. The summed E-state index contributed by atoms with van der Waals surface area (Å²) in [7, 11) is 1.59. The lowest BCUT2D eigenvalue weighted by molar-refractivity contribution is 0.103. The molecule has 0 saturated carbocycles. The van der Waals surface area contributed by atoms with Crippen LogP contribution in [0.3, 0.4) is 0 Å². The van der Waals surface area contributed by atoms with Crippen LogP contribution in [0.2, 0.25) is 0 Å². The van der Waals surface area contributed by atoms with E-state index in [-0.39, 0.29) is 5.78 Å². The second-order valence-corrected chi connectivity index (χ2v) is 6.22. The van der Waals surface area contributed by atoms with E-state index in [1.807, 2.05) is 25.1 Å². The van der Waals surface area contributed by atoms with Gasteiger partial charge in [0.25, 0.3) is 0 Å². The van der Waals surface area contributed by atoms with Crippen molar-refractivity contribution in [2.24, 2.45) is 0 Å². The van der Waals surface area contributed by atoms with Crippen LogP contribution in [0.5, 0.6) is 5.75 Å². The summed E-state index contributed by atoms with van der Waals surface area (Å²) in [5, 5.41) is 0. The number of rotatable bonds is 3. The second-order valence-electron chi connectivity index (χ2n) is 3.58. The van der Waals surface area contributed by atoms with Crippen LogP contribution in [0.25, 0.3) is 0 Å². The highest BCUT2D eigenvalue weighted by Crippen LogP contribution is 2.28. The van der Waals surface area contributed by atoms with Crippen LogP contribution in [-0.4, -0.2) is 12.9 Å². The maximum absolute atomic E-state index is 12.3. The first-order valence-corrected chi connectivity index (χ1v) is 6.67. The van der Waals surface area contributed by atoms with E-state index >= 15 is 0 Å². The summed E-state index contributed by atoms with van der Waals surface area (Å²) in [6, 6.07) is 9.07. The number of thiophene rings is 1. The quantitative estimate of drug-likeness (QED) is 0.799. The molecule has 0 fully saturated rings. The fourth-order valence-electron chi connectivity index (χ4n) is 1.59. The summed E-state index contributed by atoms with van der Waals surface area (Å²) >= 11 is 4.96. The Labute approximate surface area is 112 Å². The van der Waals surface area contributed by atoms with E-state index in [0.717, 1.165) is 14.2 Å². The number of halogens is 1. The first kappa shape index (κ1) is 12.3. The minimum atomic E-state index is 0.0309. The number of carbonyl (C=O) groups excluding carboxylic acids is 1. The third kappa shape index (κ3) is 2.58. The topological polar surface area (TPSA) is 26.3 Å². The first-order chi connectivity index (χ1) is 8.11. The standard InChI is InChI=1S/C13H11BrO2S/c1-8-11(7-12(14)17-8)13(15)9-4-3-5-10(6-9)16-2/h3-7H,1-2H3. The highest BCUT2D eigenvalue weighted by molar-refractivity contribution is 9.11. The van der Waals surface area contributed by atoms with E-state index < -0.39 is 0 Å². The molecule has 2 aromatic rings. The van der Waals surface area contributed by atoms with Gasteiger partial charge in [-0.15, -0.1) is 11.3 Å². The van der Waals surface area contributed by atoms with Crippen LogP contribution in [0.4, 0.5) is 0 Å². The molecule has 0 radical (unpaired) electrons. The summed E-state index contributed by atoms with van der Waals surface area (Å²) in [6.45, 7) is 1.95. The van der Waals surface area contributed by atoms with Gasteiger partial charge < -0.3 is 4.74 Å². The lowest BCUT2D eigenvalue weighted by Gasteiger charge is -2.03. The van der Waals surface area contributed by atoms with Gasteiger partial charge in [0.2, 0.25) is 0 Å². The van der Waals surface area contributed by atoms with E-state index in [2.05, 4.69) is 15.9 Å². The van der Waals surface area contributed by atoms with Crippen molar-refractivity contribution >= 4 is 33.0 Å². The summed E-state index contributed by atoms with van der Waals surface area (Å²) in [5.74, 6) is 0.728. The van der Waals surface area contributed by atoms with Gasteiger partial charge in [-0.05, 0) is 41.1 Å². The Balaban J connectivity index is 2.40. The minimum absolute atomic E-state index is 0.0309. The number of ether oxygens (including phenoxy) is 1. The van der Waals surface area contributed by atoms with Gasteiger partial charge in [0.05, 0.1) is 10.9 Å². The molecule has 0 aliphatic rings. The fraction of sp³-hybridized carbons (Fsp3) is 0.154. The van der Waals surface area contributed by atoms with E-state index in [1.165, 1.54) is 0 Å². The molecule has 1 aromatic carbocycles. The van der Waals surface area contributed by atoms with Crippen molar-refractivity contribution in [1.82, 2.24) is 0 Å². The van der Waals surface area contributed by atoms with Gasteiger partial charge in [0.15, 0.2) is 5.78 Å². The number of methoxy groups -OCH3 is 1. The van der Waals surface area contributed by atoms with Crippen LogP contribution in [-0.2, 0) is 0 Å². The van der Waals surface area contributed by atoms with Gasteiger partial charge in [-0.2, -0.15) is 0 Å². The SMILES string of the molecule is COc1cccc(C(=O)c2cc(Br)sc2C)c1. The van der Waals surface area contributed by atoms with E-state index in [0.29, 0.717) is 11.3 Å². The Morgan fingerprint density at radius 3 is 2.71 bits per heavy atom. The van der Waals surface area contributed by atoms with Gasteiger partial charge in [0, 0.05) is 16.0 Å². The van der Waals surface area contributed by atoms with Crippen LogP contribution in [0.1, 0.15) is 20.8 Å². The molecule has 0 unspecified atom stereocenters. The van der Waals surface area contributed by atoms with Crippen molar-refractivity contribution in [2.75, 3.05) is 7.11 Å². The lowest BCUT2D eigenvalue weighted by atomic mass is 10.0. The minimum Gasteiger partial charge on any atom is -0.497 e. The summed E-state index contributed by atoms with van der Waals surface area (Å²) in [4.78, 5) is 13.3. The molecular weight excluding hydrogens is 300 g/mol. The summed E-state index contributed by atoms with van der Waals surface area (Å²) in [6.07, 6.45) is 0. The van der Waals surface area contributed by atoms with Crippen molar-refractivity contribution in [3.63, 3.8) is 0 Å². The maximum atomic E-state index is 12.3. The van der Waals surface area contributed by atoms with Crippen molar-refractivity contribution in [3.8, 4) is 5.75 Å². The molecule has 2 rings (SSSR count). The van der Waals surface area contributed by atoms with Gasteiger partial charge >= 0.3 is 0 Å². The Bertz CT molecular complexity index is 560. The molecule has 0 spiro atoms. The largest absolute Gasteiger partial charge is 0.497 e. The Kier molecular flexibility index (Phi) is 3.64. The number of benzene rings is 1. The number of carbonyl (C=O) groups is 1. The molecule has 1 heterocycles. The number of hydrogen-bond donors (Lipinski definition) is 0. The molecule has 0 bridgehead atoms. The third-order valence-corrected chi connectivity index (χ3v) is 4.02. The Hall–Kier alpha value is -1.13. The molecule has 88 valence electrons. The molecule has 4 heteroatoms. The van der Waals surface area contributed by atoms with Crippen molar-refractivity contribution in [1.29, 1.82) is 0 Å². The zero-order chi connectivity index (χ0) is 12.4. The predicted molar refractivity (Wildman–Crippen MR) is 73.2 cm³/mol. The average Bonchev–Trinajstić information content (AvgIpc) is 2.67. The van der Waals surface area contributed by atoms with Crippen LogP contribution in [0.15, 0.2) is 34.1 Å². The zero-order valence-electron chi connectivity index (χ0n) is 9.49. The number of hydrogen-bond acceptors (Lipinski definition) is 3. The average molecular weight is 311 g/mol. The zero-order valence-corrected chi connectivity index (χ0v) is 11.9. The maximum Gasteiger partial charge on any atom is 0.194 e. The van der Waals surface area contributed by atoms with Crippen molar-refractivity contribution in [3.05, 3.63) is 50.1 Å². The van der Waals surface area contributed by atoms with Gasteiger partial charge in [-0.3, -0.25) is 4.79 Å². The molecular formula is C13H11BrO2S. The predicted octanol–water partition coefficient (Wildman–Crippen LogP) is 4.06. The molecule has 0 atom stereocenters. The van der Waals surface area contributed by atoms with E-state index in [1.54, 1.807) is 30.6 Å². The molecule has 17 heavy (non-hydrogen) atoms. The van der Waals surface area contributed by atoms with Crippen molar-refractivity contribution in [2.45, 2.75) is 6.92 Å². The second kappa shape index (κ2) is 5.02. The molecule has 2 nitrogen and oxygen atoms in total. The summed E-state index contributed by atoms with van der Waals surface area (Å²) < 4.78 is 6.09. The Morgan fingerprint density at radius 2 is 2.12 bits per heavy atom. The van der Waals surface area contributed by atoms with E-state index in [4.69, 9.17) is 4.74 Å². The lowest BCUT2D eigenvalue weighted by Crippen LogP contribution is -2.01. The first-order valence-electron chi connectivity index (χ1n) is 5.06. The van der Waals surface area contributed by atoms with Gasteiger partial charge in [0.1, 0.15) is 5.75 Å². The normalized spacial score (nSPS) is 10.3. The van der Waals surface area contributed by atoms with Crippen molar-refractivity contribution < 1.29 is 9.53 Å².